The lowest BCUT2D eigenvalue weighted by Crippen LogP contribution is -2.14. The summed E-state index contributed by atoms with van der Waals surface area (Å²) in [7, 11) is -3.68. The zero-order chi connectivity index (χ0) is 19.9. The topological polar surface area (TPSA) is 81.4 Å². The van der Waals surface area contributed by atoms with Gasteiger partial charge in [0.15, 0.2) is 0 Å². The van der Waals surface area contributed by atoms with Crippen LogP contribution in [0.15, 0.2) is 52.3 Å². The number of anilines is 1. The van der Waals surface area contributed by atoms with Crippen molar-refractivity contribution in [3.05, 3.63) is 48.0 Å². The largest absolute Gasteiger partial charge is 0.492 e. The van der Waals surface area contributed by atoms with E-state index in [1.807, 2.05) is 6.92 Å². The Bertz CT molecular complexity index is 833. The first-order valence-corrected chi connectivity index (χ1v) is 11.0. The molecular weight excluding hydrogens is 360 g/mol. The Labute approximate surface area is 162 Å². The standard InChI is InChI=1S/C21H30N2O3S/c1-4-6-7-17(5-2)15-26-20-14-18(23-22)10-13-21(20)27(24,25)19-11-8-16(3)9-12-19/h8-14,17,23H,4-7,15,22H2,1-3H3. The van der Waals surface area contributed by atoms with E-state index < -0.39 is 9.84 Å². The van der Waals surface area contributed by atoms with E-state index in [0.717, 1.165) is 31.2 Å². The molecule has 0 saturated carbocycles. The van der Waals surface area contributed by atoms with Crippen LogP contribution in [0.4, 0.5) is 5.69 Å². The van der Waals surface area contributed by atoms with Crippen molar-refractivity contribution < 1.29 is 13.2 Å². The maximum absolute atomic E-state index is 13.1. The molecule has 6 heteroatoms. The van der Waals surface area contributed by atoms with Gasteiger partial charge in [-0.05, 0) is 43.5 Å². The Morgan fingerprint density at radius 1 is 1.11 bits per heavy atom. The van der Waals surface area contributed by atoms with Crippen LogP contribution in [0.5, 0.6) is 5.75 Å². The summed E-state index contributed by atoms with van der Waals surface area (Å²) in [6, 6.07) is 11.7. The molecule has 0 aromatic heterocycles. The third-order valence-electron chi connectivity index (χ3n) is 4.75. The second-order valence-electron chi connectivity index (χ2n) is 6.85. The van der Waals surface area contributed by atoms with Gasteiger partial charge in [0, 0.05) is 6.07 Å². The first-order chi connectivity index (χ1) is 12.9. The minimum absolute atomic E-state index is 0.163. The van der Waals surface area contributed by atoms with Gasteiger partial charge in [-0.2, -0.15) is 0 Å². The van der Waals surface area contributed by atoms with Crippen LogP contribution in [0.25, 0.3) is 0 Å². The molecule has 0 fully saturated rings. The van der Waals surface area contributed by atoms with Gasteiger partial charge in [0.1, 0.15) is 10.6 Å². The lowest BCUT2D eigenvalue weighted by atomic mass is 10.0. The molecule has 3 N–H and O–H groups in total. The van der Waals surface area contributed by atoms with Crippen molar-refractivity contribution >= 4 is 15.5 Å². The van der Waals surface area contributed by atoms with E-state index in [9.17, 15) is 8.42 Å². The summed E-state index contributed by atoms with van der Waals surface area (Å²) in [6.07, 6.45) is 4.34. The number of hydrogen-bond acceptors (Lipinski definition) is 5. The maximum atomic E-state index is 13.1. The fraction of sp³-hybridized carbons (Fsp3) is 0.429. The monoisotopic (exact) mass is 390 g/mol. The number of rotatable bonds is 10. The second-order valence-corrected chi connectivity index (χ2v) is 8.77. The Morgan fingerprint density at radius 3 is 2.41 bits per heavy atom. The van der Waals surface area contributed by atoms with E-state index in [1.165, 1.54) is 0 Å². The van der Waals surface area contributed by atoms with Gasteiger partial charge < -0.3 is 10.2 Å². The molecule has 0 spiro atoms. The molecule has 0 aliphatic carbocycles. The number of nitrogens with one attached hydrogen (secondary N) is 1. The molecule has 0 heterocycles. The quantitative estimate of drug-likeness (QED) is 0.453. The van der Waals surface area contributed by atoms with Crippen LogP contribution in [-0.2, 0) is 9.84 Å². The highest BCUT2D eigenvalue weighted by molar-refractivity contribution is 7.91. The van der Waals surface area contributed by atoms with Gasteiger partial charge in [0.05, 0.1) is 17.2 Å². The summed E-state index contributed by atoms with van der Waals surface area (Å²) in [4.78, 5) is 0.417. The van der Waals surface area contributed by atoms with Crippen LogP contribution >= 0.6 is 0 Å². The number of hydrogen-bond donors (Lipinski definition) is 2. The van der Waals surface area contributed by atoms with Crippen molar-refractivity contribution in [2.24, 2.45) is 11.8 Å². The molecule has 5 nitrogen and oxygen atoms in total. The van der Waals surface area contributed by atoms with Gasteiger partial charge >= 0.3 is 0 Å². The smallest absolute Gasteiger partial charge is 0.210 e. The molecule has 0 radical (unpaired) electrons. The molecule has 2 rings (SSSR count). The number of sulfone groups is 1. The number of hydrazine groups is 1. The molecular formula is C21H30N2O3S. The van der Waals surface area contributed by atoms with E-state index >= 15 is 0 Å². The van der Waals surface area contributed by atoms with Crippen LogP contribution in [0.2, 0.25) is 0 Å². The van der Waals surface area contributed by atoms with Gasteiger partial charge in [-0.25, -0.2) is 8.42 Å². The van der Waals surface area contributed by atoms with Gasteiger partial charge in [0.25, 0.3) is 0 Å². The first-order valence-electron chi connectivity index (χ1n) is 9.47. The van der Waals surface area contributed by atoms with Gasteiger partial charge in [-0.1, -0.05) is 50.8 Å². The zero-order valence-electron chi connectivity index (χ0n) is 16.4. The van der Waals surface area contributed by atoms with Crippen LogP contribution in [0, 0.1) is 12.8 Å². The van der Waals surface area contributed by atoms with Crippen molar-refractivity contribution in [3.63, 3.8) is 0 Å². The summed E-state index contributed by atoms with van der Waals surface area (Å²) in [5.41, 5.74) is 4.17. The highest BCUT2D eigenvalue weighted by Gasteiger charge is 2.23. The van der Waals surface area contributed by atoms with Crippen molar-refractivity contribution in [3.8, 4) is 5.75 Å². The number of unbranched alkanes of at least 4 members (excludes halogenated alkanes) is 1. The summed E-state index contributed by atoms with van der Waals surface area (Å²) in [6.45, 7) is 6.70. The van der Waals surface area contributed by atoms with Crippen LogP contribution in [0.3, 0.4) is 0 Å². The molecule has 2 aromatic rings. The first kappa shape index (κ1) is 21.3. The summed E-state index contributed by atoms with van der Waals surface area (Å²) >= 11 is 0. The third-order valence-corrected chi connectivity index (χ3v) is 6.56. The predicted octanol–water partition coefficient (Wildman–Crippen LogP) is 4.71. The van der Waals surface area contributed by atoms with Crippen LogP contribution < -0.4 is 16.0 Å². The molecule has 1 atom stereocenters. The fourth-order valence-electron chi connectivity index (χ4n) is 2.88. The molecule has 0 saturated heterocycles. The third kappa shape index (κ3) is 5.47. The van der Waals surface area contributed by atoms with Crippen LogP contribution in [-0.4, -0.2) is 15.0 Å². The summed E-state index contributed by atoms with van der Waals surface area (Å²) in [5.74, 6) is 6.23. The second kappa shape index (κ2) is 9.76. The van der Waals surface area contributed by atoms with Crippen molar-refractivity contribution in [2.75, 3.05) is 12.0 Å². The zero-order valence-corrected chi connectivity index (χ0v) is 17.2. The van der Waals surface area contributed by atoms with Crippen molar-refractivity contribution in [2.45, 2.75) is 56.2 Å². The van der Waals surface area contributed by atoms with E-state index in [0.29, 0.717) is 24.0 Å². The maximum Gasteiger partial charge on any atom is 0.210 e. The molecule has 0 aliphatic heterocycles. The van der Waals surface area contributed by atoms with Crippen molar-refractivity contribution in [1.82, 2.24) is 0 Å². The fourth-order valence-corrected chi connectivity index (χ4v) is 4.26. The highest BCUT2D eigenvalue weighted by atomic mass is 32.2. The van der Waals surface area contributed by atoms with Gasteiger partial charge in [-0.15, -0.1) is 0 Å². The number of benzene rings is 2. The Balaban J connectivity index is 2.34. The van der Waals surface area contributed by atoms with E-state index in [1.54, 1.807) is 42.5 Å². The minimum Gasteiger partial charge on any atom is -0.492 e. The van der Waals surface area contributed by atoms with Crippen molar-refractivity contribution in [1.29, 1.82) is 0 Å². The lowest BCUT2D eigenvalue weighted by molar-refractivity contribution is 0.228. The molecule has 1 unspecified atom stereocenters. The Morgan fingerprint density at radius 2 is 1.81 bits per heavy atom. The Kier molecular flexibility index (Phi) is 7.68. The van der Waals surface area contributed by atoms with E-state index in [-0.39, 0.29) is 9.79 Å². The Hall–Kier alpha value is -2.05. The number of aryl methyl sites for hydroxylation is 1. The minimum atomic E-state index is -3.68. The molecule has 148 valence electrons. The molecule has 27 heavy (non-hydrogen) atoms. The average molecular weight is 391 g/mol. The average Bonchev–Trinajstić information content (AvgIpc) is 2.68. The molecule has 2 aromatic carbocycles. The van der Waals surface area contributed by atoms with Crippen LogP contribution in [0.1, 0.15) is 45.1 Å². The van der Waals surface area contributed by atoms with Gasteiger partial charge in [0.2, 0.25) is 9.84 Å². The predicted molar refractivity (Wildman–Crippen MR) is 110 cm³/mol. The number of ether oxygens (including phenoxy) is 1. The molecule has 0 bridgehead atoms. The molecule has 0 amide bonds. The highest BCUT2D eigenvalue weighted by Crippen LogP contribution is 2.32. The normalized spacial score (nSPS) is 12.6. The summed E-state index contributed by atoms with van der Waals surface area (Å²) in [5, 5.41) is 0. The van der Waals surface area contributed by atoms with E-state index in [4.69, 9.17) is 10.6 Å². The SMILES string of the molecule is CCCCC(CC)COc1cc(NN)ccc1S(=O)(=O)c1ccc(C)cc1. The molecule has 0 aliphatic rings. The van der Waals surface area contributed by atoms with E-state index in [2.05, 4.69) is 19.3 Å². The number of nitrogens with two attached hydrogens (primary N) is 1. The summed E-state index contributed by atoms with van der Waals surface area (Å²) < 4.78 is 32.2. The number of nitrogen functional groups attached to an aromatic ring is 1. The van der Waals surface area contributed by atoms with Gasteiger partial charge in [-0.3, -0.25) is 5.84 Å². The lowest BCUT2D eigenvalue weighted by Gasteiger charge is -2.18.